The number of halogens is 1. The van der Waals surface area contributed by atoms with Gasteiger partial charge in [0, 0.05) is 4.47 Å². The van der Waals surface area contributed by atoms with E-state index in [2.05, 4.69) is 21.2 Å². The lowest BCUT2D eigenvalue weighted by Crippen LogP contribution is -2.34. The zero-order valence-corrected chi connectivity index (χ0v) is 13.1. The van der Waals surface area contributed by atoms with Crippen LogP contribution in [0.3, 0.4) is 0 Å². The molecule has 1 aromatic rings. The molecule has 1 N–H and O–H groups in total. The summed E-state index contributed by atoms with van der Waals surface area (Å²) in [5.41, 5.74) is 1.72. The maximum atomic E-state index is 11.7. The summed E-state index contributed by atoms with van der Waals surface area (Å²) in [5.74, 6) is 0. The van der Waals surface area contributed by atoms with E-state index in [0.717, 1.165) is 15.6 Å². The van der Waals surface area contributed by atoms with Gasteiger partial charge >= 0.3 is 6.09 Å². The molecule has 1 unspecified atom stereocenters. The highest BCUT2D eigenvalue weighted by Crippen LogP contribution is 2.21. The minimum Gasteiger partial charge on any atom is -0.444 e. The average Bonchev–Trinajstić information content (AvgIpc) is 2.12. The molecule has 0 aliphatic heterocycles. The topological polar surface area (TPSA) is 38.3 Å². The van der Waals surface area contributed by atoms with Gasteiger partial charge in [0.2, 0.25) is 0 Å². The molecule has 0 saturated heterocycles. The van der Waals surface area contributed by atoms with E-state index in [9.17, 15) is 4.79 Å². The van der Waals surface area contributed by atoms with Crippen molar-refractivity contribution in [3.8, 4) is 0 Å². The van der Waals surface area contributed by atoms with E-state index in [0.29, 0.717) is 0 Å². The van der Waals surface area contributed by atoms with Crippen LogP contribution in [0.15, 0.2) is 22.7 Å². The first kappa shape index (κ1) is 15.0. The van der Waals surface area contributed by atoms with Gasteiger partial charge in [-0.25, -0.2) is 4.79 Å². The molecule has 1 rings (SSSR count). The van der Waals surface area contributed by atoms with Crippen molar-refractivity contribution < 1.29 is 9.53 Å². The molecule has 3 nitrogen and oxygen atoms in total. The van der Waals surface area contributed by atoms with Gasteiger partial charge in [-0.05, 0) is 57.9 Å². The number of alkyl carbamates (subject to hydrolysis) is 1. The highest BCUT2D eigenvalue weighted by Gasteiger charge is 2.18. The number of hydrogen-bond donors (Lipinski definition) is 1. The summed E-state index contributed by atoms with van der Waals surface area (Å²) in [7, 11) is 0. The van der Waals surface area contributed by atoms with E-state index >= 15 is 0 Å². The van der Waals surface area contributed by atoms with Crippen molar-refractivity contribution in [1.29, 1.82) is 0 Å². The molecule has 1 amide bonds. The Morgan fingerprint density at radius 2 is 1.94 bits per heavy atom. The predicted molar refractivity (Wildman–Crippen MR) is 76.7 cm³/mol. The lowest BCUT2D eigenvalue weighted by atomic mass is 10.1. The Kier molecular flexibility index (Phi) is 4.79. The lowest BCUT2D eigenvalue weighted by Gasteiger charge is -2.22. The number of carbonyl (C=O) groups is 1. The Hall–Kier alpha value is -1.03. The van der Waals surface area contributed by atoms with Crippen LogP contribution in [0.4, 0.5) is 4.79 Å². The van der Waals surface area contributed by atoms with Crippen molar-refractivity contribution in [2.45, 2.75) is 46.3 Å². The van der Waals surface area contributed by atoms with Crippen LogP contribution < -0.4 is 5.32 Å². The Morgan fingerprint density at radius 3 is 2.44 bits per heavy atom. The van der Waals surface area contributed by atoms with Gasteiger partial charge in [-0.1, -0.05) is 22.0 Å². The van der Waals surface area contributed by atoms with Gasteiger partial charge in [0.05, 0.1) is 6.04 Å². The predicted octanol–water partition coefficient (Wildman–Crippen LogP) is 4.34. The number of amides is 1. The third-order valence-corrected chi connectivity index (χ3v) is 2.76. The average molecular weight is 314 g/mol. The summed E-state index contributed by atoms with van der Waals surface area (Å²) in [6.07, 6.45) is -0.396. The number of ether oxygens (including phenoxy) is 1. The highest BCUT2D eigenvalue weighted by atomic mass is 79.9. The Morgan fingerprint density at radius 1 is 1.33 bits per heavy atom. The fourth-order valence-electron chi connectivity index (χ4n) is 1.58. The molecule has 0 aliphatic carbocycles. The SMILES string of the molecule is Cc1cc(Br)cc(C(C)NC(=O)OC(C)(C)C)c1. The molecule has 0 bridgehead atoms. The molecule has 0 saturated carbocycles. The first-order valence-electron chi connectivity index (χ1n) is 5.94. The molecular formula is C14H20BrNO2. The van der Waals surface area contributed by atoms with Gasteiger partial charge in [-0.2, -0.15) is 0 Å². The largest absolute Gasteiger partial charge is 0.444 e. The monoisotopic (exact) mass is 313 g/mol. The molecule has 1 atom stereocenters. The normalized spacial score (nSPS) is 13.0. The van der Waals surface area contributed by atoms with E-state index < -0.39 is 11.7 Å². The molecule has 0 heterocycles. The van der Waals surface area contributed by atoms with Crippen LogP contribution in [-0.2, 0) is 4.74 Å². The molecule has 0 fully saturated rings. The van der Waals surface area contributed by atoms with E-state index in [-0.39, 0.29) is 6.04 Å². The quantitative estimate of drug-likeness (QED) is 0.881. The van der Waals surface area contributed by atoms with Gasteiger partial charge in [-0.15, -0.1) is 0 Å². The van der Waals surface area contributed by atoms with E-state index in [1.165, 1.54) is 0 Å². The maximum absolute atomic E-state index is 11.7. The summed E-state index contributed by atoms with van der Waals surface area (Å²) in [5, 5.41) is 2.83. The molecular weight excluding hydrogens is 294 g/mol. The van der Waals surface area contributed by atoms with Gasteiger partial charge in [0.25, 0.3) is 0 Å². The lowest BCUT2D eigenvalue weighted by molar-refractivity contribution is 0.0508. The molecule has 4 heteroatoms. The summed E-state index contributed by atoms with van der Waals surface area (Å²) >= 11 is 3.45. The molecule has 100 valence electrons. The number of rotatable bonds is 2. The minimum atomic E-state index is -0.475. The Bertz CT molecular complexity index is 418. The number of benzene rings is 1. The van der Waals surface area contributed by atoms with Crippen molar-refractivity contribution in [3.05, 3.63) is 33.8 Å². The van der Waals surface area contributed by atoms with Crippen LogP contribution >= 0.6 is 15.9 Å². The van der Waals surface area contributed by atoms with E-state index in [1.54, 1.807) is 0 Å². The highest BCUT2D eigenvalue weighted by molar-refractivity contribution is 9.10. The van der Waals surface area contributed by atoms with Crippen LogP contribution in [0.5, 0.6) is 0 Å². The first-order valence-corrected chi connectivity index (χ1v) is 6.73. The summed E-state index contributed by atoms with van der Waals surface area (Å²) in [4.78, 5) is 11.7. The van der Waals surface area contributed by atoms with Gasteiger partial charge in [0.1, 0.15) is 5.60 Å². The second kappa shape index (κ2) is 5.74. The van der Waals surface area contributed by atoms with Gasteiger partial charge in [0.15, 0.2) is 0 Å². The van der Waals surface area contributed by atoms with Crippen molar-refractivity contribution in [2.24, 2.45) is 0 Å². The molecule has 18 heavy (non-hydrogen) atoms. The zero-order chi connectivity index (χ0) is 13.9. The number of hydrogen-bond acceptors (Lipinski definition) is 2. The third kappa shape index (κ3) is 5.08. The summed E-state index contributed by atoms with van der Waals surface area (Å²) in [6.45, 7) is 9.50. The molecule has 1 aromatic carbocycles. The summed E-state index contributed by atoms with van der Waals surface area (Å²) < 4.78 is 6.24. The molecule has 0 radical (unpaired) electrons. The first-order chi connectivity index (χ1) is 8.17. The van der Waals surface area contributed by atoms with Crippen LogP contribution in [0.2, 0.25) is 0 Å². The van der Waals surface area contributed by atoms with Crippen molar-refractivity contribution in [2.75, 3.05) is 0 Å². The zero-order valence-electron chi connectivity index (χ0n) is 11.5. The fourth-order valence-corrected chi connectivity index (χ4v) is 2.21. The Balaban J connectivity index is 2.70. The Labute approximate surface area is 117 Å². The van der Waals surface area contributed by atoms with E-state index in [1.807, 2.05) is 52.8 Å². The molecule has 0 aromatic heterocycles. The molecule has 0 aliphatic rings. The standard InChI is InChI=1S/C14H20BrNO2/c1-9-6-11(8-12(15)7-9)10(2)16-13(17)18-14(3,4)5/h6-8,10H,1-5H3,(H,16,17). The van der Waals surface area contributed by atoms with Crippen molar-refractivity contribution >= 4 is 22.0 Å². The maximum Gasteiger partial charge on any atom is 0.408 e. The van der Waals surface area contributed by atoms with Crippen LogP contribution in [0.25, 0.3) is 0 Å². The number of carbonyl (C=O) groups excluding carboxylic acids is 1. The van der Waals surface area contributed by atoms with Crippen LogP contribution in [0, 0.1) is 6.92 Å². The van der Waals surface area contributed by atoms with Crippen molar-refractivity contribution in [3.63, 3.8) is 0 Å². The smallest absolute Gasteiger partial charge is 0.408 e. The number of aryl methyl sites for hydroxylation is 1. The third-order valence-electron chi connectivity index (χ3n) is 2.30. The second-order valence-corrected chi connectivity index (χ2v) is 6.35. The van der Waals surface area contributed by atoms with Crippen molar-refractivity contribution in [1.82, 2.24) is 5.32 Å². The van der Waals surface area contributed by atoms with Crippen LogP contribution in [0.1, 0.15) is 44.9 Å². The van der Waals surface area contributed by atoms with E-state index in [4.69, 9.17) is 4.74 Å². The number of nitrogens with one attached hydrogen (secondary N) is 1. The van der Waals surface area contributed by atoms with Crippen LogP contribution in [-0.4, -0.2) is 11.7 Å². The molecule has 0 spiro atoms. The van der Waals surface area contributed by atoms with Gasteiger partial charge < -0.3 is 10.1 Å². The minimum absolute atomic E-state index is 0.0870. The fraction of sp³-hybridized carbons (Fsp3) is 0.500. The summed E-state index contributed by atoms with van der Waals surface area (Å²) in [6, 6.07) is 5.99. The van der Waals surface area contributed by atoms with Gasteiger partial charge in [-0.3, -0.25) is 0 Å². The second-order valence-electron chi connectivity index (χ2n) is 5.43.